The quantitative estimate of drug-likeness (QED) is 0.493. The van der Waals surface area contributed by atoms with Gasteiger partial charge in [-0.05, 0) is 48.5 Å². The predicted octanol–water partition coefficient (Wildman–Crippen LogP) is 2.77. The molecule has 5 heteroatoms. The highest BCUT2D eigenvalue weighted by atomic mass is 16.5. The van der Waals surface area contributed by atoms with E-state index in [1.807, 2.05) is 0 Å². The molecular weight excluding hydrogens is 284 g/mol. The van der Waals surface area contributed by atoms with Crippen LogP contribution in [0.3, 0.4) is 0 Å². The maximum absolute atomic E-state index is 12.3. The van der Waals surface area contributed by atoms with Crippen LogP contribution in [0.1, 0.15) is 29.8 Å². The van der Waals surface area contributed by atoms with E-state index < -0.39 is 11.9 Å². The fourth-order valence-electron chi connectivity index (χ4n) is 1.85. The van der Waals surface area contributed by atoms with Crippen LogP contribution in [-0.4, -0.2) is 17.7 Å². The number of ether oxygens (including phenoxy) is 2. The van der Waals surface area contributed by atoms with E-state index in [1.165, 1.54) is 13.8 Å². The van der Waals surface area contributed by atoms with Crippen LogP contribution in [0.5, 0.6) is 11.5 Å². The van der Waals surface area contributed by atoms with Crippen LogP contribution >= 0.6 is 0 Å². The molecule has 2 aromatic carbocycles. The number of esters is 2. The Morgan fingerprint density at radius 1 is 0.636 bits per heavy atom. The topological polar surface area (TPSA) is 69.7 Å². The Hall–Kier alpha value is -2.95. The second-order valence-corrected chi connectivity index (χ2v) is 4.57. The van der Waals surface area contributed by atoms with Crippen LogP contribution in [0.2, 0.25) is 0 Å². The first kappa shape index (κ1) is 15.4. The summed E-state index contributed by atoms with van der Waals surface area (Å²) >= 11 is 0. The van der Waals surface area contributed by atoms with Crippen LogP contribution in [0.4, 0.5) is 0 Å². The number of carbonyl (C=O) groups is 3. The normalized spacial score (nSPS) is 9.91. The molecule has 112 valence electrons. The molecule has 0 atom stereocenters. The number of rotatable bonds is 4. The van der Waals surface area contributed by atoms with Gasteiger partial charge < -0.3 is 9.47 Å². The summed E-state index contributed by atoms with van der Waals surface area (Å²) in [5, 5.41) is 0. The summed E-state index contributed by atoms with van der Waals surface area (Å²) in [6.07, 6.45) is 0. The number of ketones is 1. The highest BCUT2D eigenvalue weighted by Crippen LogP contribution is 2.18. The second kappa shape index (κ2) is 6.67. The number of hydrogen-bond acceptors (Lipinski definition) is 5. The van der Waals surface area contributed by atoms with Gasteiger partial charge >= 0.3 is 11.9 Å². The van der Waals surface area contributed by atoms with Gasteiger partial charge in [0.25, 0.3) is 0 Å². The summed E-state index contributed by atoms with van der Waals surface area (Å²) in [7, 11) is 0. The molecule has 22 heavy (non-hydrogen) atoms. The van der Waals surface area contributed by atoms with Crippen LogP contribution < -0.4 is 9.47 Å². The minimum absolute atomic E-state index is 0.177. The van der Waals surface area contributed by atoms with E-state index in [-0.39, 0.29) is 5.78 Å². The fourth-order valence-corrected chi connectivity index (χ4v) is 1.85. The third kappa shape index (κ3) is 4.02. The van der Waals surface area contributed by atoms with E-state index in [1.54, 1.807) is 48.5 Å². The fraction of sp³-hybridized carbons (Fsp3) is 0.118. The predicted molar refractivity (Wildman–Crippen MR) is 78.9 cm³/mol. The minimum atomic E-state index is -0.417. The molecule has 0 saturated carbocycles. The summed E-state index contributed by atoms with van der Waals surface area (Å²) in [6, 6.07) is 12.6. The lowest BCUT2D eigenvalue weighted by molar-refractivity contribution is -0.132. The third-order valence-electron chi connectivity index (χ3n) is 2.76. The van der Waals surface area contributed by atoms with Crippen molar-refractivity contribution in [1.82, 2.24) is 0 Å². The van der Waals surface area contributed by atoms with Gasteiger partial charge in [-0.15, -0.1) is 0 Å². The van der Waals surface area contributed by atoms with Gasteiger partial charge in [-0.1, -0.05) is 0 Å². The van der Waals surface area contributed by atoms with Gasteiger partial charge in [0, 0.05) is 25.0 Å². The van der Waals surface area contributed by atoms with E-state index in [4.69, 9.17) is 9.47 Å². The van der Waals surface area contributed by atoms with E-state index in [2.05, 4.69) is 0 Å². The summed E-state index contributed by atoms with van der Waals surface area (Å²) in [4.78, 5) is 34.0. The molecule has 0 radical (unpaired) electrons. The lowest BCUT2D eigenvalue weighted by atomic mass is 10.0. The van der Waals surface area contributed by atoms with Crippen molar-refractivity contribution >= 4 is 17.7 Å². The largest absolute Gasteiger partial charge is 0.427 e. The first-order valence-electron chi connectivity index (χ1n) is 6.57. The molecule has 0 spiro atoms. The molecular formula is C17H14O5. The van der Waals surface area contributed by atoms with Gasteiger partial charge in [-0.2, -0.15) is 0 Å². The van der Waals surface area contributed by atoms with Crippen molar-refractivity contribution in [2.45, 2.75) is 13.8 Å². The van der Waals surface area contributed by atoms with E-state index in [0.717, 1.165) is 0 Å². The Morgan fingerprint density at radius 3 is 1.23 bits per heavy atom. The molecule has 2 rings (SSSR count). The molecule has 0 aliphatic carbocycles. The average molecular weight is 298 g/mol. The van der Waals surface area contributed by atoms with Crippen molar-refractivity contribution in [2.75, 3.05) is 0 Å². The summed E-state index contributed by atoms with van der Waals surface area (Å²) in [5.41, 5.74) is 0.937. The standard InChI is InChI=1S/C17H14O5/c1-11(18)21-15-7-3-13(4-8-15)17(20)14-5-9-16(10-6-14)22-12(2)19/h3-10H,1-2H3. The molecule has 2 aromatic rings. The number of hydrogen-bond donors (Lipinski definition) is 0. The van der Waals surface area contributed by atoms with Gasteiger partial charge in [0.2, 0.25) is 0 Å². The minimum Gasteiger partial charge on any atom is -0.427 e. The van der Waals surface area contributed by atoms with Gasteiger partial charge in [0.15, 0.2) is 5.78 Å². The summed E-state index contributed by atoms with van der Waals surface area (Å²) in [5.74, 6) is -0.243. The SMILES string of the molecule is CC(=O)Oc1ccc(C(=O)c2ccc(OC(C)=O)cc2)cc1. The molecule has 0 unspecified atom stereocenters. The molecule has 0 aliphatic heterocycles. The number of benzene rings is 2. The van der Waals surface area contributed by atoms with E-state index in [0.29, 0.717) is 22.6 Å². The smallest absolute Gasteiger partial charge is 0.308 e. The molecule has 0 bridgehead atoms. The van der Waals surface area contributed by atoms with E-state index >= 15 is 0 Å². The zero-order valence-corrected chi connectivity index (χ0v) is 12.2. The van der Waals surface area contributed by atoms with Crippen molar-refractivity contribution in [3.63, 3.8) is 0 Å². The van der Waals surface area contributed by atoms with Crippen LogP contribution in [-0.2, 0) is 9.59 Å². The van der Waals surface area contributed by atoms with Crippen LogP contribution in [0.15, 0.2) is 48.5 Å². The van der Waals surface area contributed by atoms with Crippen molar-refractivity contribution in [3.8, 4) is 11.5 Å². The molecule has 5 nitrogen and oxygen atoms in total. The maximum Gasteiger partial charge on any atom is 0.308 e. The lowest BCUT2D eigenvalue weighted by Crippen LogP contribution is -2.04. The Kier molecular flexibility index (Phi) is 4.68. The van der Waals surface area contributed by atoms with E-state index in [9.17, 15) is 14.4 Å². The monoisotopic (exact) mass is 298 g/mol. The Balaban J connectivity index is 2.13. The first-order valence-corrected chi connectivity index (χ1v) is 6.57. The molecule has 0 aromatic heterocycles. The summed E-state index contributed by atoms with van der Waals surface area (Å²) in [6.45, 7) is 2.62. The van der Waals surface area contributed by atoms with Gasteiger partial charge in [-0.3, -0.25) is 14.4 Å². The molecule has 0 heterocycles. The van der Waals surface area contributed by atoms with Crippen molar-refractivity contribution in [1.29, 1.82) is 0 Å². The summed E-state index contributed by atoms with van der Waals surface area (Å²) < 4.78 is 9.82. The van der Waals surface area contributed by atoms with Gasteiger partial charge in [0.05, 0.1) is 0 Å². The van der Waals surface area contributed by atoms with Crippen molar-refractivity contribution in [2.24, 2.45) is 0 Å². The van der Waals surface area contributed by atoms with Crippen molar-refractivity contribution in [3.05, 3.63) is 59.7 Å². The van der Waals surface area contributed by atoms with Crippen LogP contribution in [0, 0.1) is 0 Å². The second-order valence-electron chi connectivity index (χ2n) is 4.57. The molecule has 0 N–H and O–H groups in total. The lowest BCUT2D eigenvalue weighted by Gasteiger charge is -2.05. The number of carbonyl (C=O) groups excluding carboxylic acids is 3. The van der Waals surface area contributed by atoms with Gasteiger partial charge in [-0.25, -0.2) is 0 Å². The molecule has 0 amide bonds. The highest BCUT2D eigenvalue weighted by molar-refractivity contribution is 6.09. The van der Waals surface area contributed by atoms with Crippen molar-refractivity contribution < 1.29 is 23.9 Å². The Morgan fingerprint density at radius 2 is 0.955 bits per heavy atom. The molecule has 0 aliphatic rings. The molecule has 0 fully saturated rings. The third-order valence-corrected chi connectivity index (χ3v) is 2.76. The zero-order chi connectivity index (χ0) is 16.1. The zero-order valence-electron chi connectivity index (χ0n) is 12.2. The first-order chi connectivity index (χ1) is 10.5. The molecule has 0 saturated heterocycles. The Labute approximate surface area is 127 Å². The van der Waals surface area contributed by atoms with Crippen LogP contribution in [0.25, 0.3) is 0 Å². The van der Waals surface area contributed by atoms with Gasteiger partial charge in [0.1, 0.15) is 11.5 Å². The highest BCUT2D eigenvalue weighted by Gasteiger charge is 2.10. The average Bonchev–Trinajstić information content (AvgIpc) is 2.47. The maximum atomic E-state index is 12.3. The Bertz CT molecular complexity index is 637.